The highest BCUT2D eigenvalue weighted by molar-refractivity contribution is 5.76. The van der Waals surface area contributed by atoms with Crippen LogP contribution >= 0.6 is 0 Å². The monoisotopic (exact) mass is 394 g/mol. The Morgan fingerprint density at radius 2 is 1.93 bits per heavy atom. The van der Waals surface area contributed by atoms with Gasteiger partial charge >= 0.3 is 6.18 Å². The van der Waals surface area contributed by atoms with Gasteiger partial charge in [-0.2, -0.15) is 18.3 Å². The van der Waals surface area contributed by atoms with Gasteiger partial charge in [-0.05, 0) is 61.5 Å². The molecule has 3 rings (SSSR count). The molecular weight excluding hydrogens is 369 g/mol. The first-order valence-corrected chi connectivity index (χ1v) is 9.52. The van der Waals surface area contributed by atoms with E-state index in [9.17, 15) is 18.0 Å². The lowest BCUT2D eigenvalue weighted by Crippen LogP contribution is -2.33. The van der Waals surface area contributed by atoms with Crippen LogP contribution in [0.1, 0.15) is 37.4 Å². The van der Waals surface area contributed by atoms with Gasteiger partial charge in [-0.3, -0.25) is 4.79 Å². The molecule has 1 amide bonds. The quantitative estimate of drug-likeness (QED) is 0.788. The highest BCUT2D eigenvalue weighted by Crippen LogP contribution is 2.28. The van der Waals surface area contributed by atoms with Crippen molar-refractivity contribution in [1.82, 2.24) is 20.4 Å². The van der Waals surface area contributed by atoms with Crippen LogP contribution in [0.15, 0.2) is 36.5 Å². The topological polar surface area (TPSA) is 59.0 Å². The van der Waals surface area contributed by atoms with Crippen LogP contribution in [0.4, 0.5) is 13.2 Å². The number of piperidine rings is 1. The van der Waals surface area contributed by atoms with Gasteiger partial charge in [0.25, 0.3) is 0 Å². The number of carbonyl (C=O) groups excluding carboxylic acids is 1. The summed E-state index contributed by atoms with van der Waals surface area (Å²) in [5.74, 6) is 0.964. The molecule has 1 aromatic heterocycles. The average molecular weight is 394 g/mol. The van der Waals surface area contributed by atoms with Crippen LogP contribution < -0.4 is 10.6 Å². The summed E-state index contributed by atoms with van der Waals surface area (Å²) in [6.07, 6.45) is -0.447. The van der Waals surface area contributed by atoms with E-state index in [2.05, 4.69) is 22.7 Å². The number of hydrogen-bond donors (Lipinski definition) is 2. The molecule has 1 aliphatic rings. The molecule has 0 aliphatic carbocycles. The zero-order chi connectivity index (χ0) is 20.1. The zero-order valence-electron chi connectivity index (χ0n) is 15.8. The number of amides is 1. The maximum absolute atomic E-state index is 12.6. The summed E-state index contributed by atoms with van der Waals surface area (Å²) in [5.41, 5.74) is 0.492. The molecular formula is C20H25F3N4O. The van der Waals surface area contributed by atoms with Gasteiger partial charge in [0.2, 0.25) is 5.91 Å². The molecule has 0 bridgehead atoms. The molecule has 1 aliphatic heterocycles. The van der Waals surface area contributed by atoms with E-state index in [1.54, 1.807) is 24.3 Å². The molecule has 2 heterocycles. The van der Waals surface area contributed by atoms with Gasteiger partial charge in [0.1, 0.15) is 0 Å². The van der Waals surface area contributed by atoms with Crippen molar-refractivity contribution in [2.75, 3.05) is 13.1 Å². The third kappa shape index (κ3) is 5.34. The summed E-state index contributed by atoms with van der Waals surface area (Å²) < 4.78 is 39.1. The first-order valence-electron chi connectivity index (χ1n) is 9.52. The van der Waals surface area contributed by atoms with Crippen LogP contribution in [-0.4, -0.2) is 28.8 Å². The van der Waals surface area contributed by atoms with Crippen LogP contribution in [0.3, 0.4) is 0 Å². The number of halogens is 3. The number of alkyl halides is 3. The highest BCUT2D eigenvalue weighted by atomic mass is 19.4. The normalized spacial score (nSPS) is 16.7. The molecule has 28 heavy (non-hydrogen) atoms. The minimum absolute atomic E-state index is 0.0250. The number of hydrogen-bond acceptors (Lipinski definition) is 3. The lowest BCUT2D eigenvalue weighted by Gasteiger charge is -2.27. The molecule has 2 aromatic rings. The van der Waals surface area contributed by atoms with Crippen molar-refractivity contribution in [2.24, 2.45) is 11.8 Å². The second-order valence-corrected chi connectivity index (χ2v) is 7.36. The first kappa shape index (κ1) is 20.4. The van der Waals surface area contributed by atoms with E-state index in [4.69, 9.17) is 0 Å². The summed E-state index contributed by atoms with van der Waals surface area (Å²) in [4.78, 5) is 12.2. The SMILES string of the molecule is CC(CC(=O)NCc1ccc(-n2ccc(C(F)(F)F)n2)cc1)C1CCNCC1. The van der Waals surface area contributed by atoms with Crippen LogP contribution in [0.5, 0.6) is 0 Å². The van der Waals surface area contributed by atoms with Crippen molar-refractivity contribution >= 4 is 5.91 Å². The third-order valence-corrected chi connectivity index (χ3v) is 5.27. The molecule has 8 heteroatoms. The Morgan fingerprint density at radius 1 is 1.25 bits per heavy atom. The minimum atomic E-state index is -4.46. The second kappa shape index (κ2) is 8.77. The Kier molecular flexibility index (Phi) is 6.39. The molecule has 1 unspecified atom stereocenters. The molecule has 1 aromatic carbocycles. The van der Waals surface area contributed by atoms with Crippen molar-refractivity contribution in [2.45, 2.75) is 38.9 Å². The van der Waals surface area contributed by atoms with E-state index in [0.29, 0.717) is 30.5 Å². The van der Waals surface area contributed by atoms with Crippen molar-refractivity contribution < 1.29 is 18.0 Å². The molecule has 1 fully saturated rings. The number of rotatable bonds is 6. The van der Waals surface area contributed by atoms with Crippen molar-refractivity contribution in [1.29, 1.82) is 0 Å². The number of carbonyl (C=O) groups is 1. The largest absolute Gasteiger partial charge is 0.435 e. The maximum atomic E-state index is 12.6. The molecule has 5 nitrogen and oxygen atoms in total. The molecule has 1 saturated heterocycles. The number of benzene rings is 1. The van der Waals surface area contributed by atoms with E-state index < -0.39 is 11.9 Å². The molecule has 2 N–H and O–H groups in total. The van der Waals surface area contributed by atoms with E-state index in [0.717, 1.165) is 37.6 Å². The fourth-order valence-electron chi connectivity index (χ4n) is 3.53. The maximum Gasteiger partial charge on any atom is 0.435 e. The van der Waals surface area contributed by atoms with Crippen LogP contribution in [0, 0.1) is 11.8 Å². The van der Waals surface area contributed by atoms with Gasteiger partial charge in [-0.15, -0.1) is 0 Å². The van der Waals surface area contributed by atoms with Crippen molar-refractivity contribution in [3.05, 3.63) is 47.8 Å². The molecule has 0 saturated carbocycles. The van der Waals surface area contributed by atoms with Gasteiger partial charge in [0, 0.05) is 19.2 Å². The Balaban J connectivity index is 1.50. The summed E-state index contributed by atoms with van der Waals surface area (Å²) in [5, 5.41) is 9.81. The Bertz CT molecular complexity index is 779. The van der Waals surface area contributed by atoms with E-state index >= 15 is 0 Å². The van der Waals surface area contributed by atoms with Crippen molar-refractivity contribution in [3.8, 4) is 5.69 Å². The van der Waals surface area contributed by atoms with Crippen LogP contribution in [-0.2, 0) is 17.5 Å². The van der Waals surface area contributed by atoms with Gasteiger partial charge < -0.3 is 10.6 Å². The average Bonchev–Trinajstić information content (AvgIpc) is 3.18. The van der Waals surface area contributed by atoms with Gasteiger partial charge in [0.15, 0.2) is 5.69 Å². The molecule has 152 valence electrons. The second-order valence-electron chi connectivity index (χ2n) is 7.36. The van der Waals surface area contributed by atoms with Crippen molar-refractivity contribution in [3.63, 3.8) is 0 Å². The molecule has 1 atom stereocenters. The van der Waals surface area contributed by atoms with E-state index in [-0.39, 0.29) is 5.91 Å². The molecule has 0 radical (unpaired) electrons. The van der Waals surface area contributed by atoms with E-state index in [1.807, 2.05) is 0 Å². The predicted octanol–water partition coefficient (Wildman–Crippen LogP) is 3.53. The smallest absolute Gasteiger partial charge is 0.352 e. The summed E-state index contributed by atoms with van der Waals surface area (Å²) in [6, 6.07) is 7.87. The lowest BCUT2D eigenvalue weighted by atomic mass is 9.84. The predicted molar refractivity (Wildman–Crippen MR) is 99.8 cm³/mol. The Labute approximate surface area is 162 Å². The fraction of sp³-hybridized carbons (Fsp3) is 0.500. The van der Waals surface area contributed by atoms with Gasteiger partial charge in [0.05, 0.1) is 5.69 Å². The van der Waals surface area contributed by atoms with Gasteiger partial charge in [-0.25, -0.2) is 4.68 Å². The number of aromatic nitrogens is 2. The molecule has 0 spiro atoms. The highest BCUT2D eigenvalue weighted by Gasteiger charge is 2.33. The number of nitrogens with one attached hydrogen (secondary N) is 2. The van der Waals surface area contributed by atoms with E-state index in [1.165, 1.54) is 10.9 Å². The van der Waals surface area contributed by atoms with Crippen LogP contribution in [0.2, 0.25) is 0 Å². The minimum Gasteiger partial charge on any atom is -0.352 e. The Morgan fingerprint density at radius 3 is 2.54 bits per heavy atom. The summed E-state index contributed by atoms with van der Waals surface area (Å²) in [6.45, 7) is 4.56. The zero-order valence-corrected chi connectivity index (χ0v) is 15.8. The third-order valence-electron chi connectivity index (χ3n) is 5.27. The number of nitrogens with zero attached hydrogens (tertiary/aromatic N) is 2. The lowest BCUT2D eigenvalue weighted by molar-refractivity contribution is -0.141. The fourth-order valence-corrected chi connectivity index (χ4v) is 3.53. The first-order chi connectivity index (χ1) is 13.3. The van der Waals surface area contributed by atoms with Crippen LogP contribution in [0.25, 0.3) is 5.69 Å². The van der Waals surface area contributed by atoms with Gasteiger partial charge in [-0.1, -0.05) is 19.1 Å². The standard InChI is InChI=1S/C20H25F3N4O/c1-14(16-6-9-24-10-7-16)12-19(28)25-13-15-2-4-17(5-3-15)27-11-8-18(26-27)20(21,22)23/h2-5,8,11,14,16,24H,6-7,9-10,12-13H2,1H3,(H,25,28). The summed E-state index contributed by atoms with van der Waals surface area (Å²) >= 11 is 0. The Hall–Kier alpha value is -2.35. The summed E-state index contributed by atoms with van der Waals surface area (Å²) in [7, 11) is 0.